The molecule has 192 valence electrons. The number of imidazole rings is 1. The van der Waals surface area contributed by atoms with Crippen LogP contribution in [0, 0.1) is 0 Å². The summed E-state index contributed by atoms with van der Waals surface area (Å²) in [6.45, 7) is 7.44. The SMILES string of the molecule is CC(=O)N1CCN(Cc2ccc(OCC3CCCN3c3ncnc4c3ncn4C)c3ccccc23)CC1. The fourth-order valence-corrected chi connectivity index (χ4v) is 5.68. The van der Waals surface area contributed by atoms with E-state index < -0.39 is 0 Å². The molecule has 0 N–H and O–H groups in total. The summed E-state index contributed by atoms with van der Waals surface area (Å²) in [5, 5.41) is 2.37. The van der Waals surface area contributed by atoms with Crippen molar-refractivity contribution in [3.63, 3.8) is 0 Å². The number of ether oxygens (including phenoxy) is 1. The predicted octanol–water partition coefficient (Wildman–Crippen LogP) is 3.23. The number of piperazine rings is 1. The molecule has 2 aliphatic rings. The fraction of sp³-hybridized carbons (Fsp3) is 0.429. The van der Waals surface area contributed by atoms with Crippen LogP contribution in [0.3, 0.4) is 0 Å². The molecule has 0 saturated carbocycles. The van der Waals surface area contributed by atoms with Gasteiger partial charge in [-0.2, -0.15) is 0 Å². The summed E-state index contributed by atoms with van der Waals surface area (Å²) in [5.41, 5.74) is 2.98. The van der Waals surface area contributed by atoms with Crippen LogP contribution in [0.5, 0.6) is 5.75 Å². The molecule has 6 rings (SSSR count). The highest BCUT2D eigenvalue weighted by molar-refractivity contribution is 5.91. The first-order valence-electron chi connectivity index (χ1n) is 13.1. The second-order valence-electron chi connectivity index (χ2n) is 10.1. The lowest BCUT2D eigenvalue weighted by atomic mass is 10.0. The molecule has 2 saturated heterocycles. The van der Waals surface area contributed by atoms with Gasteiger partial charge in [0.1, 0.15) is 18.7 Å². The summed E-state index contributed by atoms with van der Waals surface area (Å²) >= 11 is 0. The lowest BCUT2D eigenvalue weighted by molar-refractivity contribution is -0.130. The molecule has 4 aromatic rings. The van der Waals surface area contributed by atoms with E-state index in [1.807, 2.05) is 16.5 Å². The summed E-state index contributed by atoms with van der Waals surface area (Å²) < 4.78 is 8.42. The number of anilines is 1. The van der Waals surface area contributed by atoms with Crippen LogP contribution in [-0.2, 0) is 18.4 Å². The first-order valence-corrected chi connectivity index (χ1v) is 13.1. The number of aromatic nitrogens is 4. The Labute approximate surface area is 216 Å². The van der Waals surface area contributed by atoms with Crippen LogP contribution in [0.1, 0.15) is 25.3 Å². The Kier molecular flexibility index (Phi) is 6.38. The maximum absolute atomic E-state index is 11.7. The second kappa shape index (κ2) is 9.97. The van der Waals surface area contributed by atoms with E-state index >= 15 is 0 Å². The van der Waals surface area contributed by atoms with Gasteiger partial charge in [-0.15, -0.1) is 0 Å². The van der Waals surface area contributed by atoms with Crippen LogP contribution in [0.2, 0.25) is 0 Å². The van der Waals surface area contributed by atoms with Crippen molar-refractivity contribution in [1.29, 1.82) is 0 Å². The molecule has 0 aliphatic carbocycles. The first-order chi connectivity index (χ1) is 18.1. The number of carbonyl (C=O) groups excluding carboxylic acids is 1. The molecule has 9 nitrogen and oxygen atoms in total. The summed E-state index contributed by atoms with van der Waals surface area (Å²) in [6.07, 6.45) is 5.58. The van der Waals surface area contributed by atoms with Gasteiger partial charge in [-0.05, 0) is 29.9 Å². The van der Waals surface area contributed by atoms with Crippen LogP contribution in [0.4, 0.5) is 5.82 Å². The Balaban J connectivity index is 1.18. The van der Waals surface area contributed by atoms with E-state index in [9.17, 15) is 4.79 Å². The topological polar surface area (TPSA) is 79.6 Å². The molecule has 1 amide bonds. The molecule has 2 fully saturated rings. The molecule has 1 atom stereocenters. The van der Waals surface area contributed by atoms with Crippen LogP contribution in [-0.4, -0.2) is 80.6 Å². The monoisotopic (exact) mass is 499 g/mol. The molecule has 2 aromatic carbocycles. The van der Waals surface area contributed by atoms with Crippen molar-refractivity contribution >= 4 is 33.7 Å². The lowest BCUT2D eigenvalue weighted by Crippen LogP contribution is -2.47. The van der Waals surface area contributed by atoms with Gasteiger partial charge in [0.25, 0.3) is 0 Å². The first kappa shape index (κ1) is 23.7. The van der Waals surface area contributed by atoms with Crippen molar-refractivity contribution in [2.45, 2.75) is 32.4 Å². The van der Waals surface area contributed by atoms with Crippen LogP contribution in [0.15, 0.2) is 49.1 Å². The zero-order chi connectivity index (χ0) is 25.4. The van der Waals surface area contributed by atoms with Crippen molar-refractivity contribution in [3.8, 4) is 5.75 Å². The Morgan fingerprint density at radius 1 is 1.00 bits per heavy atom. The van der Waals surface area contributed by atoms with Gasteiger partial charge in [-0.1, -0.05) is 30.3 Å². The molecule has 2 aromatic heterocycles. The lowest BCUT2D eigenvalue weighted by Gasteiger charge is -2.34. The standard InChI is InChI=1S/C28H33N7O2/c1-20(36)34-14-12-33(13-15-34)16-21-9-10-25(24-8-4-3-7-23(21)24)37-17-22-6-5-11-35(22)28-26-27(29-18-30-28)32(2)19-31-26/h3-4,7-10,18-19,22H,5-6,11-17H2,1-2H3. The summed E-state index contributed by atoms with van der Waals surface area (Å²) in [5.74, 6) is 1.97. The Bertz CT molecular complexity index is 1430. The third kappa shape index (κ3) is 4.59. The Morgan fingerprint density at radius 3 is 2.62 bits per heavy atom. The highest BCUT2D eigenvalue weighted by atomic mass is 16.5. The smallest absolute Gasteiger partial charge is 0.219 e. The summed E-state index contributed by atoms with van der Waals surface area (Å²) in [4.78, 5) is 31.9. The molecule has 1 unspecified atom stereocenters. The predicted molar refractivity (Wildman–Crippen MR) is 144 cm³/mol. The van der Waals surface area contributed by atoms with Crippen molar-refractivity contribution < 1.29 is 9.53 Å². The van der Waals surface area contributed by atoms with Crippen molar-refractivity contribution in [2.75, 3.05) is 44.2 Å². The average Bonchev–Trinajstić information content (AvgIpc) is 3.55. The molecule has 0 radical (unpaired) electrons. The zero-order valence-corrected chi connectivity index (χ0v) is 21.5. The highest BCUT2D eigenvalue weighted by Crippen LogP contribution is 2.32. The highest BCUT2D eigenvalue weighted by Gasteiger charge is 2.29. The van der Waals surface area contributed by atoms with E-state index in [2.05, 4.69) is 61.1 Å². The summed E-state index contributed by atoms with van der Waals surface area (Å²) in [7, 11) is 1.96. The van der Waals surface area contributed by atoms with E-state index in [-0.39, 0.29) is 11.9 Å². The Morgan fingerprint density at radius 2 is 1.81 bits per heavy atom. The van der Waals surface area contributed by atoms with Gasteiger partial charge < -0.3 is 19.1 Å². The number of carbonyl (C=O) groups is 1. The summed E-state index contributed by atoms with van der Waals surface area (Å²) in [6, 6.07) is 13.0. The van der Waals surface area contributed by atoms with Gasteiger partial charge in [-0.3, -0.25) is 9.69 Å². The van der Waals surface area contributed by atoms with E-state index in [4.69, 9.17) is 4.74 Å². The van der Waals surface area contributed by atoms with Crippen LogP contribution < -0.4 is 9.64 Å². The zero-order valence-electron chi connectivity index (χ0n) is 21.5. The molecule has 37 heavy (non-hydrogen) atoms. The van der Waals surface area contributed by atoms with Gasteiger partial charge in [0.2, 0.25) is 5.91 Å². The van der Waals surface area contributed by atoms with Crippen molar-refractivity contribution in [1.82, 2.24) is 29.3 Å². The molecule has 0 spiro atoms. The van der Waals surface area contributed by atoms with E-state index in [0.717, 1.165) is 80.2 Å². The molecule has 9 heteroatoms. The second-order valence-corrected chi connectivity index (χ2v) is 10.1. The van der Waals surface area contributed by atoms with Gasteiger partial charge in [-0.25, -0.2) is 15.0 Å². The van der Waals surface area contributed by atoms with Gasteiger partial charge in [0, 0.05) is 58.6 Å². The number of rotatable bonds is 6. The average molecular weight is 500 g/mol. The molecule has 2 aliphatic heterocycles. The normalized spacial score (nSPS) is 18.7. The number of benzene rings is 2. The number of amides is 1. The quantitative estimate of drug-likeness (QED) is 0.403. The fourth-order valence-electron chi connectivity index (χ4n) is 5.68. The van der Waals surface area contributed by atoms with Gasteiger partial charge in [0.15, 0.2) is 17.0 Å². The number of hydrogen-bond donors (Lipinski definition) is 0. The number of nitrogens with zero attached hydrogens (tertiary/aromatic N) is 7. The van der Waals surface area contributed by atoms with E-state index in [1.165, 1.54) is 10.9 Å². The van der Waals surface area contributed by atoms with Gasteiger partial charge in [0.05, 0.1) is 12.4 Å². The van der Waals surface area contributed by atoms with Crippen molar-refractivity contribution in [2.24, 2.45) is 7.05 Å². The minimum atomic E-state index is 0.164. The molecular formula is C28H33N7O2. The maximum Gasteiger partial charge on any atom is 0.219 e. The van der Waals surface area contributed by atoms with Crippen LogP contribution in [0.25, 0.3) is 21.9 Å². The molecule has 0 bridgehead atoms. The Hall–Kier alpha value is -3.72. The molecule has 4 heterocycles. The van der Waals surface area contributed by atoms with Gasteiger partial charge >= 0.3 is 0 Å². The number of hydrogen-bond acceptors (Lipinski definition) is 7. The minimum Gasteiger partial charge on any atom is -0.491 e. The minimum absolute atomic E-state index is 0.164. The third-order valence-electron chi connectivity index (χ3n) is 7.74. The number of fused-ring (bicyclic) bond motifs is 2. The van der Waals surface area contributed by atoms with E-state index in [0.29, 0.717) is 6.61 Å². The number of aryl methyl sites for hydroxylation is 1. The van der Waals surface area contributed by atoms with E-state index in [1.54, 1.807) is 19.6 Å². The van der Waals surface area contributed by atoms with Crippen molar-refractivity contribution in [3.05, 3.63) is 54.6 Å². The van der Waals surface area contributed by atoms with Crippen LogP contribution >= 0.6 is 0 Å². The largest absolute Gasteiger partial charge is 0.491 e. The molecular weight excluding hydrogens is 466 g/mol. The third-order valence-corrected chi connectivity index (χ3v) is 7.74. The maximum atomic E-state index is 11.7.